The highest BCUT2D eigenvalue weighted by Crippen LogP contribution is 2.47. The number of fused-ring (bicyclic) bond motifs is 1. The molecule has 2 aromatic rings. The maximum Gasteiger partial charge on any atom is 0.317 e. The minimum Gasteiger partial charge on any atom is -0.496 e. The quantitative estimate of drug-likeness (QED) is 0.762. The van der Waals surface area contributed by atoms with Crippen LogP contribution in [0, 0.1) is 5.92 Å². The standard InChI is InChI=1S/C20H24N4O4/c1-5-27-20(25)15-14(12-8-6-7-9-13(12)26-4)16-18(24-17(15)21)22-10-23-19(16)28-11(2)3/h6-11,14-15H,5H2,1-4H3,(H2,21,22,23,24). The fourth-order valence-corrected chi connectivity index (χ4v) is 3.33. The Morgan fingerprint density at radius 2 is 2.00 bits per heavy atom. The van der Waals surface area contributed by atoms with Gasteiger partial charge in [-0.05, 0) is 26.8 Å². The molecule has 2 N–H and O–H groups in total. The zero-order chi connectivity index (χ0) is 20.3. The topological polar surface area (TPSA) is 109 Å². The van der Waals surface area contributed by atoms with Crippen LogP contribution in [0.5, 0.6) is 11.6 Å². The van der Waals surface area contributed by atoms with Crippen molar-refractivity contribution in [3.8, 4) is 11.6 Å². The number of aromatic nitrogens is 2. The summed E-state index contributed by atoms with van der Waals surface area (Å²) in [6.07, 6.45) is 1.25. The second kappa shape index (κ2) is 8.24. The minimum absolute atomic E-state index is 0.124. The van der Waals surface area contributed by atoms with Crippen LogP contribution in [0.4, 0.5) is 5.82 Å². The summed E-state index contributed by atoms with van der Waals surface area (Å²) in [4.78, 5) is 25.7. The van der Waals surface area contributed by atoms with Gasteiger partial charge in [-0.1, -0.05) is 18.2 Å². The van der Waals surface area contributed by atoms with Crippen molar-refractivity contribution in [1.82, 2.24) is 9.97 Å². The van der Waals surface area contributed by atoms with Gasteiger partial charge in [0.1, 0.15) is 23.8 Å². The molecule has 8 nitrogen and oxygen atoms in total. The number of nitrogens with zero attached hydrogens (tertiary/aromatic N) is 3. The van der Waals surface area contributed by atoms with E-state index in [9.17, 15) is 4.79 Å². The molecule has 0 bridgehead atoms. The molecule has 1 aromatic carbocycles. The molecular formula is C20H24N4O4. The van der Waals surface area contributed by atoms with Crippen LogP contribution in [0.3, 0.4) is 0 Å². The number of benzene rings is 1. The zero-order valence-corrected chi connectivity index (χ0v) is 16.4. The van der Waals surface area contributed by atoms with Crippen LogP contribution in [0.1, 0.15) is 37.8 Å². The van der Waals surface area contributed by atoms with E-state index in [0.717, 1.165) is 5.56 Å². The molecule has 0 fully saturated rings. The summed E-state index contributed by atoms with van der Waals surface area (Å²) in [5.74, 6) is -0.384. The Bertz CT molecular complexity index is 898. The Kier molecular flexibility index (Phi) is 5.77. The first-order chi connectivity index (χ1) is 13.5. The van der Waals surface area contributed by atoms with Gasteiger partial charge in [-0.25, -0.2) is 15.0 Å². The van der Waals surface area contributed by atoms with Crippen molar-refractivity contribution in [3.63, 3.8) is 0 Å². The van der Waals surface area contributed by atoms with Crippen LogP contribution >= 0.6 is 0 Å². The normalized spacial score (nSPS) is 18.2. The summed E-state index contributed by atoms with van der Waals surface area (Å²) in [6, 6.07) is 7.43. The van der Waals surface area contributed by atoms with Gasteiger partial charge < -0.3 is 19.9 Å². The van der Waals surface area contributed by atoms with E-state index in [4.69, 9.17) is 19.9 Å². The molecular weight excluding hydrogens is 360 g/mol. The van der Waals surface area contributed by atoms with Gasteiger partial charge in [0.15, 0.2) is 5.82 Å². The van der Waals surface area contributed by atoms with Gasteiger partial charge in [-0.2, -0.15) is 0 Å². The first-order valence-electron chi connectivity index (χ1n) is 9.13. The lowest BCUT2D eigenvalue weighted by molar-refractivity contribution is -0.146. The first-order valence-corrected chi connectivity index (χ1v) is 9.13. The first kappa shape index (κ1) is 19.6. The Hall–Kier alpha value is -3.16. The van der Waals surface area contributed by atoms with Gasteiger partial charge in [0.05, 0.1) is 25.4 Å². The second-order valence-corrected chi connectivity index (χ2v) is 6.57. The third-order valence-electron chi connectivity index (χ3n) is 4.39. The Balaban J connectivity index is 2.27. The lowest BCUT2D eigenvalue weighted by atomic mass is 9.78. The lowest BCUT2D eigenvalue weighted by Crippen LogP contribution is -2.39. The Labute approximate surface area is 163 Å². The van der Waals surface area contributed by atoms with Crippen molar-refractivity contribution in [2.24, 2.45) is 16.6 Å². The van der Waals surface area contributed by atoms with E-state index in [0.29, 0.717) is 23.0 Å². The molecule has 1 aromatic heterocycles. The SMILES string of the molecule is CCOC(=O)C1C(N)=Nc2ncnc(OC(C)C)c2C1c1ccccc1OC. The Morgan fingerprint density at radius 3 is 2.68 bits per heavy atom. The smallest absolute Gasteiger partial charge is 0.317 e. The van der Waals surface area contributed by atoms with Crippen molar-refractivity contribution in [3.05, 3.63) is 41.7 Å². The van der Waals surface area contributed by atoms with Crippen molar-refractivity contribution in [2.75, 3.05) is 13.7 Å². The van der Waals surface area contributed by atoms with E-state index in [1.807, 2.05) is 38.1 Å². The molecule has 8 heteroatoms. The number of aliphatic imine (C=N–C) groups is 1. The van der Waals surface area contributed by atoms with Crippen molar-refractivity contribution in [2.45, 2.75) is 32.8 Å². The molecule has 0 aliphatic carbocycles. The maximum absolute atomic E-state index is 12.8. The van der Waals surface area contributed by atoms with E-state index in [1.54, 1.807) is 14.0 Å². The average Bonchev–Trinajstić information content (AvgIpc) is 2.66. The number of ether oxygens (including phenoxy) is 3. The van der Waals surface area contributed by atoms with Crippen LogP contribution in [0.2, 0.25) is 0 Å². The zero-order valence-electron chi connectivity index (χ0n) is 16.4. The number of esters is 1. The highest BCUT2D eigenvalue weighted by atomic mass is 16.5. The van der Waals surface area contributed by atoms with Crippen LogP contribution in [0.25, 0.3) is 0 Å². The van der Waals surface area contributed by atoms with Crippen LogP contribution in [-0.4, -0.2) is 41.6 Å². The number of nitrogens with two attached hydrogens (primary N) is 1. The summed E-state index contributed by atoms with van der Waals surface area (Å²) >= 11 is 0. The highest BCUT2D eigenvalue weighted by Gasteiger charge is 2.43. The predicted octanol–water partition coefficient (Wildman–Crippen LogP) is 2.59. The second-order valence-electron chi connectivity index (χ2n) is 6.57. The minimum atomic E-state index is -0.843. The average molecular weight is 384 g/mol. The lowest BCUT2D eigenvalue weighted by Gasteiger charge is -2.31. The fourth-order valence-electron chi connectivity index (χ4n) is 3.33. The van der Waals surface area contributed by atoms with Gasteiger partial charge >= 0.3 is 5.97 Å². The number of rotatable bonds is 6. The summed E-state index contributed by atoms with van der Waals surface area (Å²) < 4.78 is 16.7. The van der Waals surface area contributed by atoms with Gasteiger partial charge in [-0.3, -0.25) is 4.79 Å². The molecule has 2 unspecified atom stereocenters. The molecule has 2 atom stereocenters. The molecule has 1 aliphatic rings. The number of amidine groups is 1. The predicted molar refractivity (Wildman–Crippen MR) is 104 cm³/mol. The number of hydrogen-bond acceptors (Lipinski definition) is 8. The Morgan fingerprint density at radius 1 is 1.25 bits per heavy atom. The van der Waals surface area contributed by atoms with Crippen molar-refractivity contribution in [1.29, 1.82) is 0 Å². The summed E-state index contributed by atoms with van der Waals surface area (Å²) in [5, 5.41) is 0. The third-order valence-corrected chi connectivity index (χ3v) is 4.39. The van der Waals surface area contributed by atoms with E-state index >= 15 is 0 Å². The van der Waals surface area contributed by atoms with Crippen LogP contribution in [-0.2, 0) is 9.53 Å². The molecule has 0 saturated carbocycles. The molecule has 1 aliphatic heterocycles. The van der Waals surface area contributed by atoms with Crippen molar-refractivity contribution >= 4 is 17.6 Å². The summed E-state index contributed by atoms with van der Waals surface area (Å²) in [5.41, 5.74) is 7.55. The molecule has 0 amide bonds. The molecule has 3 rings (SSSR count). The largest absolute Gasteiger partial charge is 0.496 e. The molecule has 0 saturated heterocycles. The monoisotopic (exact) mass is 384 g/mol. The van der Waals surface area contributed by atoms with Gasteiger partial charge in [0.25, 0.3) is 0 Å². The molecule has 0 spiro atoms. The van der Waals surface area contributed by atoms with Gasteiger partial charge in [0.2, 0.25) is 5.88 Å². The molecule has 2 heterocycles. The number of carbonyl (C=O) groups excluding carboxylic acids is 1. The summed E-state index contributed by atoms with van der Waals surface area (Å²) in [6.45, 7) is 5.77. The van der Waals surface area contributed by atoms with E-state index in [-0.39, 0.29) is 18.5 Å². The third kappa shape index (κ3) is 3.62. The van der Waals surface area contributed by atoms with Crippen LogP contribution in [0.15, 0.2) is 35.6 Å². The van der Waals surface area contributed by atoms with Gasteiger partial charge in [0, 0.05) is 11.5 Å². The number of methoxy groups -OCH3 is 1. The number of hydrogen-bond donors (Lipinski definition) is 1. The molecule has 148 valence electrons. The number of carbonyl (C=O) groups is 1. The maximum atomic E-state index is 12.8. The van der Waals surface area contributed by atoms with E-state index in [1.165, 1.54) is 6.33 Å². The summed E-state index contributed by atoms with van der Waals surface area (Å²) in [7, 11) is 1.58. The van der Waals surface area contributed by atoms with Crippen LogP contribution < -0.4 is 15.2 Å². The fraction of sp³-hybridized carbons (Fsp3) is 0.400. The van der Waals surface area contributed by atoms with Gasteiger partial charge in [-0.15, -0.1) is 0 Å². The molecule has 0 radical (unpaired) electrons. The van der Waals surface area contributed by atoms with E-state index in [2.05, 4.69) is 15.0 Å². The number of para-hydroxylation sites is 1. The van der Waals surface area contributed by atoms with Crippen molar-refractivity contribution < 1.29 is 19.0 Å². The van der Waals surface area contributed by atoms with E-state index < -0.39 is 17.8 Å². The molecule has 28 heavy (non-hydrogen) atoms. The highest BCUT2D eigenvalue weighted by molar-refractivity contribution is 6.04.